The summed E-state index contributed by atoms with van der Waals surface area (Å²) in [6, 6.07) is 7.10. The van der Waals surface area contributed by atoms with E-state index in [4.69, 9.17) is 9.47 Å². The smallest absolute Gasteiger partial charge is 0.263 e. The third kappa shape index (κ3) is 3.29. The van der Waals surface area contributed by atoms with E-state index < -0.39 is 11.7 Å². The Hall–Kier alpha value is -1.75. The summed E-state index contributed by atoms with van der Waals surface area (Å²) in [5, 5.41) is 10.2. The fourth-order valence-corrected chi connectivity index (χ4v) is 2.30. The molecule has 1 unspecified atom stereocenters. The number of carbonyl (C=O) groups is 1. The first-order valence-electron chi connectivity index (χ1n) is 7.17. The highest BCUT2D eigenvalue weighted by Crippen LogP contribution is 2.29. The Morgan fingerprint density at radius 1 is 1.19 bits per heavy atom. The van der Waals surface area contributed by atoms with Crippen LogP contribution in [0.4, 0.5) is 0 Å². The van der Waals surface area contributed by atoms with Crippen molar-refractivity contribution in [3.05, 3.63) is 24.3 Å². The number of nitrogens with zero attached hydrogens (tertiary/aromatic N) is 1. The van der Waals surface area contributed by atoms with Crippen LogP contribution < -0.4 is 9.47 Å². The molecule has 1 aliphatic heterocycles. The average molecular weight is 293 g/mol. The van der Waals surface area contributed by atoms with E-state index in [9.17, 15) is 9.90 Å². The van der Waals surface area contributed by atoms with Gasteiger partial charge in [-0.3, -0.25) is 4.79 Å². The van der Waals surface area contributed by atoms with Gasteiger partial charge in [-0.15, -0.1) is 0 Å². The van der Waals surface area contributed by atoms with Crippen molar-refractivity contribution in [2.45, 2.75) is 32.5 Å². The molecule has 0 aliphatic carbocycles. The monoisotopic (exact) mass is 293 g/mol. The van der Waals surface area contributed by atoms with Gasteiger partial charge in [-0.25, -0.2) is 0 Å². The highest BCUT2D eigenvalue weighted by Gasteiger charge is 2.46. The number of methoxy groups -OCH3 is 1. The first kappa shape index (κ1) is 15.6. The van der Waals surface area contributed by atoms with E-state index in [1.165, 1.54) is 0 Å². The molecule has 5 heteroatoms. The number of amides is 1. The summed E-state index contributed by atoms with van der Waals surface area (Å²) in [5.74, 6) is 1.40. The number of hydrogen-bond acceptors (Lipinski definition) is 4. The Kier molecular flexibility index (Phi) is 4.42. The molecule has 1 atom stereocenters. The lowest BCUT2D eigenvalue weighted by Crippen LogP contribution is -2.67. The Labute approximate surface area is 125 Å². The van der Waals surface area contributed by atoms with Crippen molar-refractivity contribution in [3.63, 3.8) is 0 Å². The molecule has 1 fully saturated rings. The zero-order valence-electron chi connectivity index (χ0n) is 13.0. The van der Waals surface area contributed by atoms with E-state index in [0.29, 0.717) is 18.8 Å². The molecule has 1 N–H and O–H groups in total. The van der Waals surface area contributed by atoms with Crippen LogP contribution in [0.15, 0.2) is 24.3 Å². The van der Waals surface area contributed by atoms with Crippen molar-refractivity contribution in [2.75, 3.05) is 20.2 Å². The van der Waals surface area contributed by atoms with Gasteiger partial charge in [0, 0.05) is 0 Å². The molecular weight excluding hydrogens is 270 g/mol. The zero-order valence-corrected chi connectivity index (χ0v) is 13.0. The summed E-state index contributed by atoms with van der Waals surface area (Å²) in [6.07, 6.45) is -0.574. The van der Waals surface area contributed by atoms with Crippen LogP contribution in [-0.4, -0.2) is 47.8 Å². The highest BCUT2D eigenvalue weighted by atomic mass is 16.5. The number of rotatable bonds is 5. The molecule has 5 nitrogen and oxygen atoms in total. The van der Waals surface area contributed by atoms with Crippen molar-refractivity contribution in [3.8, 4) is 11.5 Å². The van der Waals surface area contributed by atoms with Gasteiger partial charge in [-0.1, -0.05) is 13.8 Å². The molecular formula is C16H23NO4. The van der Waals surface area contributed by atoms with Gasteiger partial charge < -0.3 is 19.5 Å². The fourth-order valence-electron chi connectivity index (χ4n) is 2.30. The molecule has 1 aromatic carbocycles. The Morgan fingerprint density at radius 2 is 1.71 bits per heavy atom. The van der Waals surface area contributed by atoms with Gasteiger partial charge in [0.05, 0.1) is 20.2 Å². The maximum Gasteiger partial charge on any atom is 0.263 e. The Balaban J connectivity index is 1.89. The number of aliphatic hydroxyl groups is 1. The molecule has 1 heterocycles. The summed E-state index contributed by atoms with van der Waals surface area (Å²) in [7, 11) is 1.60. The third-order valence-corrected chi connectivity index (χ3v) is 4.04. The van der Waals surface area contributed by atoms with Crippen molar-refractivity contribution in [1.29, 1.82) is 0 Å². The molecule has 0 spiro atoms. The van der Waals surface area contributed by atoms with Crippen molar-refractivity contribution >= 4 is 5.91 Å². The first-order chi connectivity index (χ1) is 9.85. The third-order valence-electron chi connectivity index (χ3n) is 4.04. The number of likely N-dealkylation sites (tertiary alicyclic amines) is 1. The van der Waals surface area contributed by atoms with Gasteiger partial charge in [0.25, 0.3) is 5.91 Å². The lowest BCUT2D eigenvalue weighted by molar-refractivity contribution is -0.169. The first-order valence-corrected chi connectivity index (χ1v) is 7.17. The molecule has 1 aliphatic rings. The van der Waals surface area contributed by atoms with Crippen LogP contribution in [0.3, 0.4) is 0 Å². The van der Waals surface area contributed by atoms with Crippen molar-refractivity contribution in [1.82, 2.24) is 4.90 Å². The minimum atomic E-state index is -0.754. The van der Waals surface area contributed by atoms with Gasteiger partial charge in [-0.05, 0) is 37.1 Å². The molecule has 116 valence electrons. The van der Waals surface area contributed by atoms with E-state index in [1.54, 1.807) is 43.2 Å². The van der Waals surface area contributed by atoms with Gasteiger partial charge in [0.2, 0.25) is 0 Å². The molecule has 0 saturated carbocycles. The van der Waals surface area contributed by atoms with Crippen LogP contribution in [0, 0.1) is 5.92 Å². The highest BCUT2D eigenvalue weighted by molar-refractivity contribution is 5.82. The predicted octanol–water partition coefficient (Wildman–Crippen LogP) is 1.69. The maximum atomic E-state index is 12.2. The largest absolute Gasteiger partial charge is 0.497 e. The summed E-state index contributed by atoms with van der Waals surface area (Å²) in [6.45, 7) is 6.39. The topological polar surface area (TPSA) is 59.0 Å². The minimum Gasteiger partial charge on any atom is -0.497 e. The minimum absolute atomic E-state index is 0.101. The summed E-state index contributed by atoms with van der Waals surface area (Å²) in [4.78, 5) is 13.9. The van der Waals surface area contributed by atoms with Crippen LogP contribution in [-0.2, 0) is 4.79 Å². The normalized spacial score (nSPS) is 18.1. The summed E-state index contributed by atoms with van der Waals surface area (Å²) >= 11 is 0. The number of benzene rings is 1. The molecule has 1 amide bonds. The van der Waals surface area contributed by atoms with E-state index in [-0.39, 0.29) is 11.8 Å². The van der Waals surface area contributed by atoms with Gasteiger partial charge >= 0.3 is 0 Å². The van der Waals surface area contributed by atoms with Gasteiger partial charge in [0.15, 0.2) is 6.10 Å². The quantitative estimate of drug-likeness (QED) is 0.897. The van der Waals surface area contributed by atoms with E-state index in [0.717, 1.165) is 5.75 Å². The molecule has 2 rings (SSSR count). The second kappa shape index (κ2) is 5.93. The average Bonchev–Trinajstić information content (AvgIpc) is 2.43. The van der Waals surface area contributed by atoms with Crippen LogP contribution in [0.25, 0.3) is 0 Å². The van der Waals surface area contributed by atoms with Crippen LogP contribution in [0.1, 0.15) is 20.8 Å². The molecule has 0 aromatic heterocycles. The van der Waals surface area contributed by atoms with Crippen LogP contribution in [0.2, 0.25) is 0 Å². The van der Waals surface area contributed by atoms with Gasteiger partial charge in [-0.2, -0.15) is 0 Å². The fraction of sp³-hybridized carbons (Fsp3) is 0.562. The lowest BCUT2D eigenvalue weighted by atomic mass is 9.83. The second-order valence-electron chi connectivity index (χ2n) is 5.89. The predicted molar refractivity (Wildman–Crippen MR) is 79.5 cm³/mol. The lowest BCUT2D eigenvalue weighted by Gasteiger charge is -2.49. The number of β-amino-alcohol motifs (C(OH)–C–C–N with tert-alkyl or cyclic N) is 1. The number of ether oxygens (including phenoxy) is 2. The Morgan fingerprint density at radius 3 is 2.19 bits per heavy atom. The van der Waals surface area contributed by atoms with Crippen LogP contribution >= 0.6 is 0 Å². The molecule has 0 bridgehead atoms. The van der Waals surface area contributed by atoms with Crippen LogP contribution in [0.5, 0.6) is 11.5 Å². The standard InChI is InChI=1S/C16H23NO4/c1-11(2)16(19)9-17(10-16)15(18)12(3)21-14-7-5-13(20-4)6-8-14/h5-8,11-12,19H,9-10H2,1-4H3. The molecule has 21 heavy (non-hydrogen) atoms. The van der Waals surface area contributed by atoms with Gasteiger partial charge in [0.1, 0.15) is 17.1 Å². The molecule has 1 aromatic rings. The SMILES string of the molecule is COc1ccc(OC(C)C(=O)N2CC(O)(C(C)C)C2)cc1. The summed E-state index contributed by atoms with van der Waals surface area (Å²) in [5.41, 5.74) is -0.754. The van der Waals surface area contributed by atoms with E-state index in [1.807, 2.05) is 13.8 Å². The second-order valence-corrected chi connectivity index (χ2v) is 5.89. The van der Waals surface area contributed by atoms with Crippen molar-refractivity contribution in [2.24, 2.45) is 5.92 Å². The summed E-state index contributed by atoms with van der Waals surface area (Å²) < 4.78 is 10.7. The van der Waals surface area contributed by atoms with Crippen molar-refractivity contribution < 1.29 is 19.4 Å². The number of hydrogen-bond donors (Lipinski definition) is 1. The molecule has 1 saturated heterocycles. The van der Waals surface area contributed by atoms with E-state index >= 15 is 0 Å². The van der Waals surface area contributed by atoms with E-state index in [2.05, 4.69) is 0 Å². The zero-order chi connectivity index (χ0) is 15.6. The maximum absolute atomic E-state index is 12.2. The Bertz CT molecular complexity index is 492. The molecule has 0 radical (unpaired) electrons. The number of carbonyl (C=O) groups excluding carboxylic acids is 1.